The summed E-state index contributed by atoms with van der Waals surface area (Å²) in [5.74, 6) is 0.536. The number of methoxy groups -OCH3 is 1. The summed E-state index contributed by atoms with van der Waals surface area (Å²) in [4.78, 5) is 14.8. The number of benzene rings is 2. The fourth-order valence-electron chi connectivity index (χ4n) is 3.35. The lowest BCUT2D eigenvalue weighted by molar-refractivity contribution is 0.0792. The Bertz CT molecular complexity index is 949. The van der Waals surface area contributed by atoms with Gasteiger partial charge in [0.25, 0.3) is 5.91 Å². The summed E-state index contributed by atoms with van der Waals surface area (Å²) in [5.41, 5.74) is 2.21. The van der Waals surface area contributed by atoms with Crippen LogP contribution in [0, 0.1) is 6.92 Å². The van der Waals surface area contributed by atoms with E-state index < -0.39 is 10.0 Å². The van der Waals surface area contributed by atoms with E-state index in [1.54, 1.807) is 42.5 Å². The van der Waals surface area contributed by atoms with Gasteiger partial charge in [0, 0.05) is 37.8 Å². The number of likely N-dealkylation sites (tertiary alicyclic amines) is 1. The van der Waals surface area contributed by atoms with Gasteiger partial charge in [0.2, 0.25) is 10.0 Å². The summed E-state index contributed by atoms with van der Waals surface area (Å²) in [6, 6.07) is 12.0. The first-order valence-electron chi connectivity index (χ1n) is 9.32. The molecule has 0 unspecified atom stereocenters. The van der Waals surface area contributed by atoms with Crippen molar-refractivity contribution >= 4 is 15.9 Å². The van der Waals surface area contributed by atoms with Crippen molar-refractivity contribution in [2.75, 3.05) is 27.2 Å². The van der Waals surface area contributed by atoms with Gasteiger partial charge in [-0.3, -0.25) is 4.79 Å². The summed E-state index contributed by atoms with van der Waals surface area (Å²) in [7, 11) is -0.577. The van der Waals surface area contributed by atoms with Crippen molar-refractivity contribution < 1.29 is 17.9 Å². The normalized spacial score (nSPS) is 14.5. The lowest BCUT2D eigenvalue weighted by Crippen LogP contribution is -2.28. The van der Waals surface area contributed by atoms with Crippen LogP contribution in [0.4, 0.5) is 0 Å². The van der Waals surface area contributed by atoms with Crippen molar-refractivity contribution in [2.24, 2.45) is 0 Å². The number of hydrogen-bond donors (Lipinski definition) is 0. The number of aryl methyl sites for hydroxylation is 1. The van der Waals surface area contributed by atoms with E-state index in [-0.39, 0.29) is 17.3 Å². The zero-order valence-corrected chi connectivity index (χ0v) is 17.3. The van der Waals surface area contributed by atoms with Crippen LogP contribution in [0.2, 0.25) is 0 Å². The van der Waals surface area contributed by atoms with E-state index in [0.29, 0.717) is 16.9 Å². The molecule has 1 heterocycles. The molecular formula is C21H26N2O4S. The van der Waals surface area contributed by atoms with Gasteiger partial charge in [0.05, 0.1) is 12.0 Å². The standard InChI is InChI=1S/C21H26N2O4S/c1-16-6-9-19(10-7-16)28(25,26)22(2)15-18-14-17(8-11-20(18)27-3)21(24)23-12-4-5-13-23/h6-11,14H,4-5,12-13,15H2,1-3H3. The molecule has 2 aromatic rings. The fraction of sp³-hybridized carbons (Fsp3) is 0.381. The third kappa shape index (κ3) is 4.20. The number of nitrogens with zero attached hydrogens (tertiary/aromatic N) is 2. The first-order chi connectivity index (χ1) is 13.3. The van der Waals surface area contributed by atoms with Crippen LogP contribution in [0.3, 0.4) is 0 Å². The van der Waals surface area contributed by atoms with Gasteiger partial charge < -0.3 is 9.64 Å². The second-order valence-corrected chi connectivity index (χ2v) is 9.14. The number of rotatable bonds is 6. The van der Waals surface area contributed by atoms with Crippen molar-refractivity contribution in [2.45, 2.75) is 31.2 Å². The van der Waals surface area contributed by atoms with E-state index in [2.05, 4.69) is 0 Å². The maximum atomic E-state index is 12.9. The van der Waals surface area contributed by atoms with Crippen LogP contribution in [0.5, 0.6) is 5.75 Å². The quantitative estimate of drug-likeness (QED) is 0.745. The SMILES string of the molecule is COc1ccc(C(=O)N2CCCC2)cc1CN(C)S(=O)(=O)c1ccc(C)cc1. The van der Waals surface area contributed by atoms with Gasteiger partial charge in [-0.05, 0) is 50.1 Å². The number of hydrogen-bond acceptors (Lipinski definition) is 4. The topological polar surface area (TPSA) is 66.9 Å². The molecule has 3 rings (SSSR count). The zero-order chi connectivity index (χ0) is 20.3. The Balaban J connectivity index is 1.86. The molecule has 0 saturated carbocycles. The van der Waals surface area contributed by atoms with Crippen molar-refractivity contribution in [3.63, 3.8) is 0 Å². The lowest BCUT2D eigenvalue weighted by Gasteiger charge is -2.20. The predicted octanol–water partition coefficient (Wildman–Crippen LogP) is 3.06. The number of carbonyl (C=O) groups is 1. The smallest absolute Gasteiger partial charge is 0.253 e. The average Bonchev–Trinajstić information content (AvgIpc) is 3.22. The van der Waals surface area contributed by atoms with Gasteiger partial charge in [-0.2, -0.15) is 4.31 Å². The Labute approximate surface area is 166 Å². The van der Waals surface area contributed by atoms with Crippen LogP contribution >= 0.6 is 0 Å². The van der Waals surface area contributed by atoms with Gasteiger partial charge in [-0.1, -0.05) is 17.7 Å². The van der Waals surface area contributed by atoms with E-state index in [9.17, 15) is 13.2 Å². The first-order valence-corrected chi connectivity index (χ1v) is 10.8. The number of carbonyl (C=O) groups excluding carboxylic acids is 1. The van der Waals surface area contributed by atoms with Gasteiger partial charge in [0.1, 0.15) is 5.75 Å². The highest BCUT2D eigenvalue weighted by molar-refractivity contribution is 7.89. The van der Waals surface area contributed by atoms with Gasteiger partial charge >= 0.3 is 0 Å². The molecule has 1 aliphatic rings. The molecule has 28 heavy (non-hydrogen) atoms. The van der Waals surface area contributed by atoms with Crippen LogP contribution in [0.1, 0.15) is 34.3 Å². The second-order valence-electron chi connectivity index (χ2n) is 7.10. The molecular weight excluding hydrogens is 376 g/mol. The molecule has 1 fully saturated rings. The highest BCUT2D eigenvalue weighted by Crippen LogP contribution is 2.25. The maximum Gasteiger partial charge on any atom is 0.253 e. The van der Waals surface area contributed by atoms with Crippen LogP contribution in [0.15, 0.2) is 47.4 Å². The van der Waals surface area contributed by atoms with Crippen LogP contribution < -0.4 is 4.74 Å². The van der Waals surface area contributed by atoms with Crippen LogP contribution in [0.25, 0.3) is 0 Å². The molecule has 1 amide bonds. The zero-order valence-electron chi connectivity index (χ0n) is 16.5. The van der Waals surface area contributed by atoms with Crippen molar-refractivity contribution in [3.05, 3.63) is 59.2 Å². The summed E-state index contributed by atoms with van der Waals surface area (Å²) >= 11 is 0. The van der Waals surface area contributed by atoms with E-state index in [4.69, 9.17) is 4.74 Å². The second kappa shape index (κ2) is 8.32. The molecule has 0 N–H and O–H groups in total. The molecule has 0 aliphatic carbocycles. The number of ether oxygens (including phenoxy) is 1. The van der Waals surface area contributed by atoms with E-state index in [1.807, 2.05) is 11.8 Å². The summed E-state index contributed by atoms with van der Waals surface area (Å²) in [6.45, 7) is 3.55. The van der Waals surface area contributed by atoms with Crippen molar-refractivity contribution in [1.29, 1.82) is 0 Å². The Morgan fingerprint density at radius 2 is 1.75 bits per heavy atom. The fourth-order valence-corrected chi connectivity index (χ4v) is 4.50. The molecule has 0 aromatic heterocycles. The molecule has 0 spiro atoms. The van der Waals surface area contributed by atoms with E-state index >= 15 is 0 Å². The Kier molecular flexibility index (Phi) is 6.05. The van der Waals surface area contributed by atoms with Crippen LogP contribution in [-0.2, 0) is 16.6 Å². The molecule has 0 atom stereocenters. The minimum absolute atomic E-state index is 0.0227. The summed E-state index contributed by atoms with van der Waals surface area (Å²) in [6.07, 6.45) is 2.04. The van der Waals surface area contributed by atoms with Crippen molar-refractivity contribution in [1.82, 2.24) is 9.21 Å². The monoisotopic (exact) mass is 402 g/mol. The molecule has 6 nitrogen and oxygen atoms in total. The average molecular weight is 403 g/mol. The Hall–Kier alpha value is -2.38. The predicted molar refractivity (Wildman–Crippen MR) is 108 cm³/mol. The maximum absolute atomic E-state index is 12.9. The molecule has 7 heteroatoms. The largest absolute Gasteiger partial charge is 0.496 e. The molecule has 0 bridgehead atoms. The van der Waals surface area contributed by atoms with Gasteiger partial charge in [-0.15, -0.1) is 0 Å². The van der Waals surface area contributed by atoms with E-state index in [0.717, 1.165) is 31.5 Å². The highest BCUT2D eigenvalue weighted by atomic mass is 32.2. The third-order valence-corrected chi connectivity index (χ3v) is 6.86. The van der Waals surface area contributed by atoms with E-state index in [1.165, 1.54) is 18.5 Å². The molecule has 1 saturated heterocycles. The molecule has 150 valence electrons. The summed E-state index contributed by atoms with van der Waals surface area (Å²) < 4.78 is 32.4. The van der Waals surface area contributed by atoms with Gasteiger partial charge in [-0.25, -0.2) is 8.42 Å². The minimum atomic E-state index is -3.65. The van der Waals surface area contributed by atoms with Gasteiger partial charge in [0.15, 0.2) is 0 Å². The molecule has 0 radical (unpaired) electrons. The van der Waals surface area contributed by atoms with Crippen molar-refractivity contribution in [3.8, 4) is 5.75 Å². The Morgan fingerprint density at radius 1 is 1.11 bits per heavy atom. The first kappa shape index (κ1) is 20.4. The lowest BCUT2D eigenvalue weighted by atomic mass is 10.1. The minimum Gasteiger partial charge on any atom is -0.496 e. The number of sulfonamides is 1. The summed E-state index contributed by atoms with van der Waals surface area (Å²) in [5, 5.41) is 0. The number of amides is 1. The third-order valence-electron chi connectivity index (χ3n) is 5.04. The molecule has 1 aliphatic heterocycles. The molecule has 2 aromatic carbocycles. The highest BCUT2D eigenvalue weighted by Gasteiger charge is 2.24. The van der Waals surface area contributed by atoms with Crippen LogP contribution in [-0.4, -0.2) is 50.8 Å². The Morgan fingerprint density at radius 3 is 2.36 bits per heavy atom.